The van der Waals surface area contributed by atoms with E-state index in [1.165, 1.54) is 6.07 Å². The topological polar surface area (TPSA) is 77.1 Å². The number of anilines is 4. The van der Waals surface area contributed by atoms with Gasteiger partial charge in [-0.2, -0.15) is 0 Å². The fourth-order valence-electron chi connectivity index (χ4n) is 5.25. The molecule has 0 radical (unpaired) electrons. The van der Waals surface area contributed by atoms with Crippen LogP contribution in [0.4, 0.5) is 27.4 Å². The van der Waals surface area contributed by atoms with E-state index < -0.39 is 0 Å². The van der Waals surface area contributed by atoms with Crippen LogP contribution in [0.1, 0.15) is 24.2 Å². The second-order valence-electron chi connectivity index (χ2n) is 10.9. The minimum absolute atomic E-state index is 0.253. The molecule has 2 aromatic carbocycles. The average Bonchev–Trinajstić information content (AvgIpc) is 2.97. The number of likely N-dealkylation sites (N-methyl/N-ethyl adjacent to an activating group) is 1. The molecule has 40 heavy (non-hydrogen) atoms. The van der Waals surface area contributed by atoms with Gasteiger partial charge >= 0.3 is 0 Å². The number of amides is 1. The molecule has 5 rings (SSSR count). The van der Waals surface area contributed by atoms with Crippen LogP contribution in [0.25, 0.3) is 11.1 Å². The molecule has 2 aliphatic rings. The number of benzene rings is 2. The zero-order valence-electron chi connectivity index (χ0n) is 23.9. The minimum atomic E-state index is -0.385. The second-order valence-corrected chi connectivity index (χ2v) is 10.9. The number of hydrogen-bond donors (Lipinski definition) is 1. The van der Waals surface area contributed by atoms with Gasteiger partial charge in [0.15, 0.2) is 0 Å². The summed E-state index contributed by atoms with van der Waals surface area (Å²) in [6, 6.07) is 11.2. The highest BCUT2D eigenvalue weighted by Gasteiger charge is 2.29. The number of rotatable bonds is 6. The van der Waals surface area contributed by atoms with Crippen molar-refractivity contribution >= 4 is 28.9 Å². The van der Waals surface area contributed by atoms with E-state index in [0.29, 0.717) is 47.2 Å². The fraction of sp³-hybridized carbons (Fsp3) is 0.433. The van der Waals surface area contributed by atoms with E-state index in [1.807, 2.05) is 37.2 Å². The molecule has 2 saturated heterocycles. The van der Waals surface area contributed by atoms with E-state index in [9.17, 15) is 4.79 Å². The van der Waals surface area contributed by atoms with Gasteiger partial charge in [0.25, 0.3) is 5.91 Å². The predicted octanol–water partition coefficient (Wildman–Crippen LogP) is 3.97. The number of ether oxygens (including phenoxy) is 1. The summed E-state index contributed by atoms with van der Waals surface area (Å²) in [5.74, 6) is -0.0417. The first-order valence-electron chi connectivity index (χ1n) is 13.8. The summed E-state index contributed by atoms with van der Waals surface area (Å²) in [5.41, 5.74) is 3.55. The molecule has 1 N–H and O–H groups in total. The molecule has 0 unspecified atom stereocenters. The molecule has 0 saturated carbocycles. The van der Waals surface area contributed by atoms with Gasteiger partial charge in [-0.15, -0.1) is 0 Å². The molecule has 9 nitrogen and oxygen atoms in total. The molecule has 3 heterocycles. The standard InChI is InChI=1S/C30H38FN7O2/c1-20-18-38(19-21(2)36(20)5)28-15-26(31)25(23-16-32-30(33-17-23)37-9-11-40-12-10-37)14-27(28)34-29(39)22-7-6-8-24(13-22)35(3)4/h6-8,13-17,20-21H,9-12,18-19H2,1-5H3,(H,34,39)/t20-,21+. The van der Waals surface area contributed by atoms with Crippen molar-refractivity contribution in [1.29, 1.82) is 0 Å². The van der Waals surface area contributed by atoms with Crippen LogP contribution in [0.2, 0.25) is 0 Å². The first-order valence-corrected chi connectivity index (χ1v) is 13.8. The number of carbonyl (C=O) groups is 1. The molecule has 1 aromatic heterocycles. The Hall–Kier alpha value is -3.76. The lowest BCUT2D eigenvalue weighted by Gasteiger charge is -2.44. The number of nitrogens with one attached hydrogen (secondary N) is 1. The van der Waals surface area contributed by atoms with Gasteiger partial charge in [-0.1, -0.05) is 6.07 Å². The number of carbonyl (C=O) groups excluding carboxylic acids is 1. The van der Waals surface area contributed by atoms with Crippen molar-refractivity contribution in [1.82, 2.24) is 14.9 Å². The Balaban J connectivity index is 1.50. The van der Waals surface area contributed by atoms with Crippen molar-refractivity contribution < 1.29 is 13.9 Å². The van der Waals surface area contributed by atoms with Gasteiger partial charge in [0, 0.05) is 87.1 Å². The predicted molar refractivity (Wildman–Crippen MR) is 158 cm³/mol. The third-order valence-electron chi connectivity index (χ3n) is 7.90. The van der Waals surface area contributed by atoms with Crippen molar-refractivity contribution in [2.75, 3.05) is 80.6 Å². The highest BCUT2D eigenvalue weighted by molar-refractivity contribution is 6.07. The van der Waals surface area contributed by atoms with Crippen molar-refractivity contribution in [2.45, 2.75) is 25.9 Å². The first-order chi connectivity index (χ1) is 19.2. The molecule has 0 aliphatic carbocycles. The fourth-order valence-corrected chi connectivity index (χ4v) is 5.25. The van der Waals surface area contributed by atoms with Crippen LogP contribution in [0.3, 0.4) is 0 Å². The van der Waals surface area contributed by atoms with Gasteiger partial charge in [-0.05, 0) is 51.2 Å². The number of halogens is 1. The Morgan fingerprint density at radius 3 is 2.35 bits per heavy atom. The minimum Gasteiger partial charge on any atom is -0.378 e. The molecular formula is C30H38FN7O2. The third kappa shape index (κ3) is 5.88. The van der Waals surface area contributed by atoms with Gasteiger partial charge in [-0.25, -0.2) is 14.4 Å². The number of hydrogen-bond acceptors (Lipinski definition) is 8. The normalized spacial score (nSPS) is 19.9. The van der Waals surface area contributed by atoms with Gasteiger partial charge in [-0.3, -0.25) is 9.69 Å². The van der Waals surface area contributed by atoms with Crippen molar-refractivity contribution in [2.24, 2.45) is 0 Å². The van der Waals surface area contributed by atoms with E-state index in [-0.39, 0.29) is 23.8 Å². The Kier molecular flexibility index (Phi) is 8.18. The van der Waals surface area contributed by atoms with Crippen molar-refractivity contribution in [3.8, 4) is 11.1 Å². The molecule has 2 fully saturated rings. The molecule has 2 atom stereocenters. The Morgan fingerprint density at radius 2 is 1.70 bits per heavy atom. The summed E-state index contributed by atoms with van der Waals surface area (Å²) in [4.78, 5) is 31.0. The van der Waals surface area contributed by atoms with Crippen molar-refractivity contribution in [3.63, 3.8) is 0 Å². The maximum atomic E-state index is 15.8. The molecule has 212 valence electrons. The maximum absolute atomic E-state index is 15.8. The smallest absolute Gasteiger partial charge is 0.255 e. The average molecular weight is 548 g/mol. The van der Waals surface area contributed by atoms with Crippen LogP contribution in [0.15, 0.2) is 48.8 Å². The molecule has 0 bridgehead atoms. The van der Waals surface area contributed by atoms with E-state index in [1.54, 1.807) is 24.5 Å². The zero-order valence-corrected chi connectivity index (χ0v) is 23.9. The van der Waals surface area contributed by atoms with Crippen LogP contribution in [-0.2, 0) is 4.74 Å². The summed E-state index contributed by atoms with van der Waals surface area (Å²) in [6.45, 7) is 8.45. The van der Waals surface area contributed by atoms with Crippen LogP contribution in [0.5, 0.6) is 0 Å². The molecule has 0 spiro atoms. The van der Waals surface area contributed by atoms with Crippen LogP contribution < -0.4 is 20.0 Å². The Morgan fingerprint density at radius 1 is 1.02 bits per heavy atom. The number of morpholine rings is 1. The van der Waals surface area contributed by atoms with E-state index in [2.05, 4.69) is 50.9 Å². The van der Waals surface area contributed by atoms with Gasteiger partial charge in [0.2, 0.25) is 5.95 Å². The quantitative estimate of drug-likeness (QED) is 0.497. The maximum Gasteiger partial charge on any atom is 0.255 e. The second kappa shape index (κ2) is 11.8. The lowest BCUT2D eigenvalue weighted by Crippen LogP contribution is -2.55. The number of nitrogens with zero attached hydrogens (tertiary/aromatic N) is 6. The van der Waals surface area contributed by atoms with Gasteiger partial charge in [0.05, 0.1) is 24.6 Å². The highest BCUT2D eigenvalue weighted by Crippen LogP contribution is 2.36. The van der Waals surface area contributed by atoms with E-state index in [4.69, 9.17) is 4.74 Å². The van der Waals surface area contributed by atoms with E-state index in [0.717, 1.165) is 31.9 Å². The zero-order chi connectivity index (χ0) is 28.4. The summed E-state index contributed by atoms with van der Waals surface area (Å²) >= 11 is 0. The van der Waals surface area contributed by atoms with Crippen molar-refractivity contribution in [3.05, 3.63) is 60.2 Å². The highest BCUT2D eigenvalue weighted by atomic mass is 19.1. The lowest BCUT2D eigenvalue weighted by molar-refractivity contribution is 0.102. The molecule has 3 aromatic rings. The molecule has 10 heteroatoms. The van der Waals surface area contributed by atoms with E-state index >= 15 is 4.39 Å². The SMILES string of the molecule is C[C@@H]1CN(c2cc(F)c(-c3cnc(N4CCOCC4)nc3)cc2NC(=O)c2cccc(N(C)C)c2)C[C@H](C)N1C. The summed E-state index contributed by atoms with van der Waals surface area (Å²) in [7, 11) is 5.98. The van der Waals surface area contributed by atoms with Crippen LogP contribution >= 0.6 is 0 Å². The lowest BCUT2D eigenvalue weighted by atomic mass is 10.0. The Labute approximate surface area is 235 Å². The number of piperazine rings is 1. The summed E-state index contributed by atoms with van der Waals surface area (Å²) < 4.78 is 21.2. The van der Waals surface area contributed by atoms with Crippen LogP contribution in [-0.4, -0.2) is 93.4 Å². The largest absolute Gasteiger partial charge is 0.378 e. The van der Waals surface area contributed by atoms with Gasteiger partial charge < -0.3 is 24.8 Å². The molecule has 1 amide bonds. The monoisotopic (exact) mass is 547 g/mol. The van der Waals surface area contributed by atoms with Crippen LogP contribution in [0, 0.1) is 5.82 Å². The number of aromatic nitrogens is 2. The first kappa shape index (κ1) is 27.8. The summed E-state index contributed by atoms with van der Waals surface area (Å²) in [5, 5.41) is 3.09. The Bertz CT molecular complexity index is 1330. The van der Waals surface area contributed by atoms with Gasteiger partial charge in [0.1, 0.15) is 5.82 Å². The molecular weight excluding hydrogens is 509 g/mol. The third-order valence-corrected chi connectivity index (χ3v) is 7.90. The summed E-state index contributed by atoms with van der Waals surface area (Å²) in [6.07, 6.45) is 3.28. The molecule has 2 aliphatic heterocycles.